The molecule has 2 heterocycles. The third-order valence-corrected chi connectivity index (χ3v) is 3.25. The Morgan fingerprint density at radius 1 is 1.26 bits per heavy atom. The van der Waals surface area contributed by atoms with E-state index >= 15 is 0 Å². The molecule has 0 bridgehead atoms. The minimum atomic E-state index is 0.271. The van der Waals surface area contributed by atoms with Crippen LogP contribution in [-0.2, 0) is 7.05 Å². The molecule has 0 fully saturated rings. The molecule has 2 aromatic rings. The number of ether oxygens (including phenoxy) is 1. The Labute approximate surface area is 115 Å². The van der Waals surface area contributed by atoms with Crippen LogP contribution >= 0.6 is 11.8 Å². The number of anilines is 1. The lowest BCUT2D eigenvalue weighted by Gasteiger charge is -2.06. The minimum Gasteiger partial charge on any atom is -0.467 e. The first-order chi connectivity index (χ1) is 9.13. The number of aryl methyl sites for hydroxylation is 1. The summed E-state index contributed by atoms with van der Waals surface area (Å²) < 4.78 is 6.93. The highest BCUT2D eigenvalue weighted by atomic mass is 32.2. The van der Waals surface area contributed by atoms with Crippen LogP contribution in [0.3, 0.4) is 0 Å². The highest BCUT2D eigenvalue weighted by Crippen LogP contribution is 2.24. The second-order valence-electron chi connectivity index (χ2n) is 3.65. The van der Waals surface area contributed by atoms with Crippen molar-refractivity contribution in [3.63, 3.8) is 0 Å². The van der Waals surface area contributed by atoms with Crippen LogP contribution in [0.1, 0.15) is 12.7 Å². The Morgan fingerprint density at radius 3 is 2.63 bits per heavy atom. The van der Waals surface area contributed by atoms with Gasteiger partial charge in [-0.25, -0.2) is 0 Å². The Morgan fingerprint density at radius 2 is 2.05 bits per heavy atom. The number of hydrogen-bond donors (Lipinski definition) is 1. The summed E-state index contributed by atoms with van der Waals surface area (Å²) in [5.74, 6) is 1.31. The topological polar surface area (TPSA) is 90.6 Å². The fourth-order valence-electron chi connectivity index (χ4n) is 1.27. The molecule has 2 rings (SSSR count). The van der Waals surface area contributed by atoms with Crippen molar-refractivity contribution in [1.82, 2.24) is 29.7 Å². The van der Waals surface area contributed by atoms with E-state index in [1.165, 1.54) is 18.9 Å². The number of rotatable bonds is 5. The van der Waals surface area contributed by atoms with Crippen LogP contribution in [-0.4, -0.2) is 43.4 Å². The van der Waals surface area contributed by atoms with Crippen molar-refractivity contribution >= 4 is 17.7 Å². The summed E-state index contributed by atoms with van der Waals surface area (Å²) in [5.41, 5.74) is 0. The summed E-state index contributed by atoms with van der Waals surface area (Å²) in [6.07, 6.45) is 0. The van der Waals surface area contributed by atoms with Gasteiger partial charge in [-0.3, -0.25) is 0 Å². The molecule has 0 saturated carbocycles. The summed E-state index contributed by atoms with van der Waals surface area (Å²) in [5, 5.41) is 12.3. The first-order valence-electron chi connectivity index (χ1n) is 5.71. The average molecular weight is 281 g/mol. The van der Waals surface area contributed by atoms with Gasteiger partial charge >= 0.3 is 6.01 Å². The highest BCUT2D eigenvalue weighted by Gasteiger charge is 2.12. The summed E-state index contributed by atoms with van der Waals surface area (Å²) in [4.78, 5) is 12.6. The highest BCUT2D eigenvalue weighted by molar-refractivity contribution is 7.99. The van der Waals surface area contributed by atoms with Crippen LogP contribution in [0.5, 0.6) is 6.01 Å². The molecule has 0 amide bonds. The monoisotopic (exact) mass is 281 g/mol. The van der Waals surface area contributed by atoms with Crippen molar-refractivity contribution in [2.24, 2.45) is 7.05 Å². The van der Waals surface area contributed by atoms with Gasteiger partial charge in [0.05, 0.1) is 7.11 Å². The van der Waals surface area contributed by atoms with Gasteiger partial charge in [0.1, 0.15) is 5.82 Å². The van der Waals surface area contributed by atoms with Crippen LogP contribution in [0.25, 0.3) is 0 Å². The van der Waals surface area contributed by atoms with Gasteiger partial charge in [-0.05, 0) is 25.6 Å². The summed E-state index contributed by atoms with van der Waals surface area (Å²) in [6, 6.07) is 0.271. The maximum Gasteiger partial charge on any atom is 0.321 e. The number of nitrogens with zero attached hydrogens (tertiary/aromatic N) is 6. The second-order valence-corrected chi connectivity index (χ2v) is 4.58. The molecule has 8 nitrogen and oxygen atoms in total. The molecule has 0 spiro atoms. The molecule has 2 aromatic heterocycles. The lowest BCUT2D eigenvalue weighted by molar-refractivity contribution is 0.373. The van der Waals surface area contributed by atoms with E-state index in [1.54, 1.807) is 0 Å². The molecular weight excluding hydrogens is 266 g/mol. The Bertz CT molecular complexity index is 571. The molecule has 0 aliphatic heterocycles. The first kappa shape index (κ1) is 13.5. The van der Waals surface area contributed by atoms with Crippen molar-refractivity contribution in [2.45, 2.75) is 24.2 Å². The smallest absolute Gasteiger partial charge is 0.321 e. The van der Waals surface area contributed by atoms with Gasteiger partial charge < -0.3 is 14.6 Å². The first-order valence-corrected chi connectivity index (χ1v) is 6.53. The molecule has 0 aromatic carbocycles. The van der Waals surface area contributed by atoms with E-state index in [-0.39, 0.29) is 6.01 Å². The molecule has 0 aliphatic carbocycles. The lowest BCUT2D eigenvalue weighted by Crippen LogP contribution is -2.06. The Hall–Kier alpha value is -1.90. The van der Waals surface area contributed by atoms with Crippen molar-refractivity contribution in [1.29, 1.82) is 0 Å². The van der Waals surface area contributed by atoms with Gasteiger partial charge in [-0.15, -0.1) is 10.2 Å². The zero-order chi connectivity index (χ0) is 13.8. The lowest BCUT2D eigenvalue weighted by atomic mass is 10.7. The second kappa shape index (κ2) is 5.83. The van der Waals surface area contributed by atoms with Crippen LogP contribution in [0.4, 0.5) is 5.95 Å². The molecule has 9 heteroatoms. The zero-order valence-electron chi connectivity index (χ0n) is 11.2. The quantitative estimate of drug-likeness (QED) is 0.864. The maximum atomic E-state index is 5.06. The summed E-state index contributed by atoms with van der Waals surface area (Å²) in [6.45, 7) is 4.57. The molecule has 0 atom stereocenters. The summed E-state index contributed by atoms with van der Waals surface area (Å²) in [7, 11) is 3.41. The van der Waals surface area contributed by atoms with Crippen molar-refractivity contribution in [3.05, 3.63) is 5.82 Å². The van der Waals surface area contributed by atoms with E-state index < -0.39 is 0 Å². The van der Waals surface area contributed by atoms with E-state index in [0.717, 1.165) is 12.4 Å². The van der Waals surface area contributed by atoms with Gasteiger partial charge in [0.15, 0.2) is 5.16 Å². The largest absolute Gasteiger partial charge is 0.467 e. The van der Waals surface area contributed by atoms with Crippen molar-refractivity contribution in [3.8, 4) is 6.01 Å². The molecule has 19 heavy (non-hydrogen) atoms. The molecule has 0 radical (unpaired) electrons. The fraction of sp³-hybridized carbons (Fsp3) is 0.500. The zero-order valence-corrected chi connectivity index (χ0v) is 12.0. The van der Waals surface area contributed by atoms with E-state index in [4.69, 9.17) is 4.74 Å². The SMILES string of the molecule is CCNc1nc(OC)nc(Sc2nnc(C)n2C)n1. The number of nitrogens with one attached hydrogen (secondary N) is 1. The van der Waals surface area contributed by atoms with Crippen LogP contribution in [0.2, 0.25) is 0 Å². The third-order valence-electron chi connectivity index (χ3n) is 2.35. The maximum absolute atomic E-state index is 5.06. The van der Waals surface area contributed by atoms with Crippen LogP contribution < -0.4 is 10.1 Å². The van der Waals surface area contributed by atoms with Crippen LogP contribution in [0.15, 0.2) is 10.3 Å². The van der Waals surface area contributed by atoms with E-state index in [2.05, 4.69) is 30.5 Å². The molecule has 102 valence electrons. The van der Waals surface area contributed by atoms with Gasteiger partial charge in [0.25, 0.3) is 0 Å². The van der Waals surface area contributed by atoms with Gasteiger partial charge in [-0.1, -0.05) is 0 Å². The van der Waals surface area contributed by atoms with Gasteiger partial charge in [-0.2, -0.15) is 15.0 Å². The predicted octanol–water partition coefficient (Wildman–Crippen LogP) is 0.900. The number of hydrogen-bond acceptors (Lipinski definition) is 8. The van der Waals surface area contributed by atoms with Crippen molar-refractivity contribution < 1.29 is 4.74 Å². The molecule has 1 N–H and O–H groups in total. The molecular formula is C10H15N7OS. The molecule has 0 saturated heterocycles. The predicted molar refractivity (Wildman–Crippen MR) is 70.4 cm³/mol. The van der Waals surface area contributed by atoms with Crippen LogP contribution in [0, 0.1) is 6.92 Å². The van der Waals surface area contributed by atoms with E-state index in [9.17, 15) is 0 Å². The fourth-order valence-corrected chi connectivity index (χ4v) is 2.04. The number of methoxy groups -OCH3 is 1. The average Bonchev–Trinajstić information content (AvgIpc) is 2.71. The van der Waals surface area contributed by atoms with E-state index in [0.29, 0.717) is 16.3 Å². The van der Waals surface area contributed by atoms with Crippen molar-refractivity contribution in [2.75, 3.05) is 19.0 Å². The Kier molecular flexibility index (Phi) is 4.15. The summed E-state index contributed by atoms with van der Waals surface area (Å²) >= 11 is 1.31. The molecule has 0 aliphatic rings. The van der Waals surface area contributed by atoms with Gasteiger partial charge in [0, 0.05) is 13.6 Å². The number of aromatic nitrogens is 6. The van der Waals surface area contributed by atoms with Gasteiger partial charge in [0.2, 0.25) is 11.1 Å². The Balaban J connectivity index is 2.28. The standard InChI is InChI=1S/C10H15N7OS/c1-5-11-7-12-8(18-4)14-9(13-7)19-10-16-15-6(2)17(10)3/h5H2,1-4H3,(H,11,12,13,14). The molecule has 0 unspecified atom stereocenters. The normalized spacial score (nSPS) is 10.5. The minimum absolute atomic E-state index is 0.271. The third kappa shape index (κ3) is 3.11. The van der Waals surface area contributed by atoms with E-state index in [1.807, 2.05) is 25.5 Å².